The normalized spacial score (nSPS) is 11.8. The second-order valence-electron chi connectivity index (χ2n) is 10.3. The Kier molecular flexibility index (Phi) is 7.98. The van der Waals surface area contributed by atoms with Crippen molar-refractivity contribution in [2.75, 3.05) is 28.4 Å². The smallest absolute Gasteiger partial charge is 0.205 e. The second kappa shape index (κ2) is 10.5. The summed E-state index contributed by atoms with van der Waals surface area (Å²) >= 11 is 0. The Labute approximate surface area is 215 Å². The fraction of sp³-hybridized carbons (Fsp3) is 0.464. The Morgan fingerprint density at radius 1 is 0.861 bits per heavy atom. The van der Waals surface area contributed by atoms with Crippen LogP contribution in [0.15, 0.2) is 22.6 Å². The van der Waals surface area contributed by atoms with Gasteiger partial charge in [-0.05, 0) is 37.2 Å². The molecule has 36 heavy (non-hydrogen) atoms. The lowest BCUT2D eigenvalue weighted by Crippen LogP contribution is -2.26. The highest BCUT2D eigenvalue weighted by molar-refractivity contribution is 6.73. The standard InChI is InChI=1S/C28H38O7Si/c1-15(2)34-25-19(32-8)14-20(36(10)11)21-22(27(28(3,4)5)35-26(21)25)23(29)16-12-17(30-6)24(33-9)18(13-16)31-7/h12-15,36H,1-11H3. The number of carbonyl (C=O) groups is 1. The summed E-state index contributed by atoms with van der Waals surface area (Å²) in [6, 6.07) is 5.36. The zero-order valence-corrected chi connectivity index (χ0v) is 24.4. The van der Waals surface area contributed by atoms with Gasteiger partial charge in [0.2, 0.25) is 11.5 Å². The number of hydrogen-bond acceptors (Lipinski definition) is 7. The van der Waals surface area contributed by atoms with Crippen molar-refractivity contribution in [1.82, 2.24) is 0 Å². The highest BCUT2D eigenvalue weighted by Gasteiger charge is 2.35. The fourth-order valence-electron chi connectivity index (χ4n) is 4.31. The lowest BCUT2D eigenvalue weighted by molar-refractivity contribution is 0.103. The molecule has 3 rings (SSSR count). The zero-order valence-electron chi connectivity index (χ0n) is 23.2. The molecule has 0 bridgehead atoms. The van der Waals surface area contributed by atoms with Gasteiger partial charge in [-0.2, -0.15) is 0 Å². The van der Waals surface area contributed by atoms with E-state index >= 15 is 0 Å². The summed E-state index contributed by atoms with van der Waals surface area (Å²) in [5.41, 5.74) is 1.03. The van der Waals surface area contributed by atoms with Crippen molar-refractivity contribution in [2.45, 2.75) is 59.2 Å². The highest BCUT2D eigenvalue weighted by Crippen LogP contribution is 2.45. The molecule has 3 aromatic rings. The Hall–Kier alpha value is -3.13. The molecule has 0 saturated heterocycles. The first-order chi connectivity index (χ1) is 16.9. The van der Waals surface area contributed by atoms with Crippen LogP contribution in [0.1, 0.15) is 56.3 Å². The van der Waals surface area contributed by atoms with E-state index in [1.807, 2.05) is 40.7 Å². The first-order valence-corrected chi connectivity index (χ1v) is 15.0. The van der Waals surface area contributed by atoms with Crippen molar-refractivity contribution < 1.29 is 32.9 Å². The van der Waals surface area contributed by atoms with Gasteiger partial charge in [-0.1, -0.05) is 33.9 Å². The molecule has 196 valence electrons. The molecule has 0 atom stereocenters. The van der Waals surface area contributed by atoms with Crippen LogP contribution in [-0.2, 0) is 5.41 Å². The van der Waals surface area contributed by atoms with Crippen LogP contribution in [0.3, 0.4) is 0 Å². The number of carbonyl (C=O) groups excluding carboxylic acids is 1. The molecule has 0 saturated carbocycles. The average Bonchev–Trinajstić information content (AvgIpc) is 3.23. The number of ketones is 1. The molecular formula is C28H38O7Si. The maximum Gasteiger partial charge on any atom is 0.205 e. The summed E-state index contributed by atoms with van der Waals surface area (Å²) in [6.07, 6.45) is -0.110. The van der Waals surface area contributed by atoms with Crippen LogP contribution >= 0.6 is 0 Å². The van der Waals surface area contributed by atoms with E-state index in [1.54, 1.807) is 19.2 Å². The van der Waals surface area contributed by atoms with Gasteiger partial charge in [0.25, 0.3) is 0 Å². The topological polar surface area (TPSA) is 76.4 Å². The van der Waals surface area contributed by atoms with Gasteiger partial charge in [0.05, 0.1) is 48.9 Å². The molecule has 0 aliphatic heterocycles. The Balaban J connectivity index is 2.47. The molecule has 2 aromatic carbocycles. The number of hydrogen-bond donors (Lipinski definition) is 0. The molecule has 0 amide bonds. The van der Waals surface area contributed by atoms with Crippen molar-refractivity contribution in [1.29, 1.82) is 0 Å². The monoisotopic (exact) mass is 514 g/mol. The summed E-state index contributed by atoms with van der Waals surface area (Å²) in [6.45, 7) is 14.4. The van der Waals surface area contributed by atoms with Gasteiger partial charge < -0.3 is 28.1 Å². The molecule has 0 aliphatic carbocycles. The lowest BCUT2D eigenvalue weighted by Gasteiger charge is -2.18. The van der Waals surface area contributed by atoms with Gasteiger partial charge in [0.1, 0.15) is 5.76 Å². The van der Waals surface area contributed by atoms with Crippen LogP contribution in [0.25, 0.3) is 11.0 Å². The highest BCUT2D eigenvalue weighted by atomic mass is 28.3. The Morgan fingerprint density at radius 3 is 1.81 bits per heavy atom. The van der Waals surface area contributed by atoms with Gasteiger partial charge in [-0.25, -0.2) is 0 Å². The molecule has 0 fully saturated rings. The Bertz CT molecular complexity index is 1240. The van der Waals surface area contributed by atoms with Crippen LogP contribution in [0, 0.1) is 0 Å². The molecule has 0 spiro atoms. The molecule has 1 aromatic heterocycles. The van der Waals surface area contributed by atoms with Gasteiger partial charge >= 0.3 is 0 Å². The average molecular weight is 515 g/mol. The molecule has 0 N–H and O–H groups in total. The number of methoxy groups -OCH3 is 4. The summed E-state index contributed by atoms with van der Waals surface area (Å²) in [5, 5.41) is 1.87. The van der Waals surface area contributed by atoms with E-state index in [1.165, 1.54) is 21.3 Å². The number of fused-ring (bicyclic) bond motifs is 1. The molecular weight excluding hydrogens is 476 g/mol. The van der Waals surface area contributed by atoms with Crippen LogP contribution in [0.2, 0.25) is 13.1 Å². The number of ether oxygens (including phenoxy) is 5. The summed E-state index contributed by atoms with van der Waals surface area (Å²) < 4.78 is 34.9. The number of benzene rings is 2. The molecule has 0 radical (unpaired) electrons. The summed E-state index contributed by atoms with van der Waals surface area (Å²) in [5.74, 6) is 2.77. The maximum absolute atomic E-state index is 14.3. The minimum Gasteiger partial charge on any atom is -0.493 e. The van der Waals surface area contributed by atoms with Gasteiger partial charge in [-0.15, -0.1) is 0 Å². The van der Waals surface area contributed by atoms with Crippen LogP contribution in [0.5, 0.6) is 28.7 Å². The van der Waals surface area contributed by atoms with Crippen molar-refractivity contribution in [3.8, 4) is 28.7 Å². The van der Waals surface area contributed by atoms with E-state index in [4.69, 9.17) is 28.1 Å². The lowest BCUT2D eigenvalue weighted by atomic mass is 9.87. The molecule has 8 heteroatoms. The zero-order chi connectivity index (χ0) is 26.9. The van der Waals surface area contributed by atoms with E-state index in [0.29, 0.717) is 51.2 Å². The number of rotatable bonds is 9. The second-order valence-corrected chi connectivity index (χ2v) is 13.3. The van der Waals surface area contributed by atoms with Crippen molar-refractivity contribution in [3.63, 3.8) is 0 Å². The van der Waals surface area contributed by atoms with Crippen LogP contribution in [-0.4, -0.2) is 49.1 Å². The SMILES string of the molecule is COc1cc(C(=O)c2c(C(C)(C)C)oc3c(OC(C)C)c(OC)cc([SiH](C)C)c23)cc(OC)c1OC. The van der Waals surface area contributed by atoms with Crippen molar-refractivity contribution in [2.24, 2.45) is 0 Å². The first kappa shape index (κ1) is 27.5. The minimum atomic E-state index is -1.44. The third kappa shape index (κ3) is 4.91. The summed E-state index contributed by atoms with van der Waals surface area (Å²) in [7, 11) is 4.77. The van der Waals surface area contributed by atoms with Gasteiger partial charge in [0, 0.05) is 16.4 Å². The molecule has 0 aliphatic rings. The largest absolute Gasteiger partial charge is 0.493 e. The minimum absolute atomic E-state index is 0.110. The van der Waals surface area contributed by atoms with E-state index in [0.717, 1.165) is 10.6 Å². The van der Waals surface area contributed by atoms with Crippen molar-refractivity contribution in [3.05, 3.63) is 35.1 Å². The molecule has 1 heterocycles. The molecule has 7 nitrogen and oxygen atoms in total. The van der Waals surface area contributed by atoms with Crippen molar-refractivity contribution >= 4 is 30.7 Å². The molecule has 0 unspecified atom stereocenters. The van der Waals surface area contributed by atoms with E-state index in [2.05, 4.69) is 13.1 Å². The third-order valence-electron chi connectivity index (χ3n) is 5.94. The predicted octanol–water partition coefficient (Wildman–Crippen LogP) is 5.48. The quantitative estimate of drug-likeness (QED) is 0.277. The van der Waals surface area contributed by atoms with E-state index < -0.39 is 14.2 Å². The van der Waals surface area contributed by atoms with Crippen LogP contribution < -0.4 is 28.9 Å². The first-order valence-electron chi connectivity index (χ1n) is 12.1. The van der Waals surface area contributed by atoms with E-state index in [9.17, 15) is 4.79 Å². The van der Waals surface area contributed by atoms with Gasteiger partial charge in [0.15, 0.2) is 28.6 Å². The summed E-state index contributed by atoms with van der Waals surface area (Å²) in [4.78, 5) is 14.3. The van der Waals surface area contributed by atoms with Gasteiger partial charge in [-0.3, -0.25) is 4.79 Å². The van der Waals surface area contributed by atoms with E-state index in [-0.39, 0.29) is 11.9 Å². The predicted molar refractivity (Wildman–Crippen MR) is 145 cm³/mol. The number of furan rings is 1. The van der Waals surface area contributed by atoms with Crippen LogP contribution in [0.4, 0.5) is 0 Å². The maximum atomic E-state index is 14.3. The Morgan fingerprint density at radius 2 is 1.39 bits per heavy atom. The third-order valence-corrected chi connectivity index (χ3v) is 7.64. The fourth-order valence-corrected chi connectivity index (χ4v) is 5.65.